The van der Waals surface area contributed by atoms with Crippen LogP contribution in [0.5, 0.6) is 0 Å². The Balaban J connectivity index is 1.03. The van der Waals surface area contributed by atoms with Crippen molar-refractivity contribution in [2.24, 2.45) is 0 Å². The first-order valence-corrected chi connectivity index (χ1v) is 13.0. The maximum Gasteiger partial charge on any atom is 0.157 e. The van der Waals surface area contributed by atoms with E-state index >= 15 is 0 Å². The molecule has 4 N–H and O–H groups in total. The highest BCUT2D eigenvalue weighted by Crippen LogP contribution is 2.26. The molecule has 0 aliphatic carbocycles. The Kier molecular flexibility index (Phi) is 4.80. The molecule has 0 atom stereocenters. The summed E-state index contributed by atoms with van der Waals surface area (Å²) in [6.07, 6.45) is 6.83. The largest absolute Gasteiger partial charge is 0.342 e. The number of aromatic nitrogens is 11. The van der Waals surface area contributed by atoms with Crippen LogP contribution in [0.25, 0.3) is 67.0 Å². The van der Waals surface area contributed by atoms with Gasteiger partial charge < -0.3 is 19.9 Å². The molecule has 0 bridgehead atoms. The van der Waals surface area contributed by atoms with E-state index in [1.165, 1.54) is 0 Å². The van der Waals surface area contributed by atoms with E-state index in [1.54, 1.807) is 6.33 Å². The topological polar surface area (TPSA) is 153 Å². The Morgan fingerprint density at radius 3 is 2.12 bits per heavy atom. The zero-order chi connectivity index (χ0) is 26.8. The maximum atomic E-state index is 4.83. The van der Waals surface area contributed by atoms with E-state index < -0.39 is 0 Å². The van der Waals surface area contributed by atoms with Crippen LogP contribution in [0.3, 0.4) is 0 Å². The molecule has 6 aromatic heterocycles. The van der Waals surface area contributed by atoms with Crippen LogP contribution in [0.4, 0.5) is 0 Å². The van der Waals surface area contributed by atoms with Gasteiger partial charge in [-0.15, -0.1) is 0 Å². The van der Waals surface area contributed by atoms with Gasteiger partial charge >= 0.3 is 0 Å². The van der Waals surface area contributed by atoms with E-state index in [9.17, 15) is 0 Å². The molecular weight excluding hydrogens is 502 g/mol. The van der Waals surface area contributed by atoms with Crippen LogP contribution in [0.1, 0.15) is 22.9 Å². The second-order valence-corrected chi connectivity index (χ2v) is 10.1. The number of nitrogens with zero attached hydrogens (tertiary/aromatic N) is 7. The monoisotopic (exact) mass is 525 g/mol. The summed E-state index contributed by atoms with van der Waals surface area (Å²) in [5.74, 6) is 3.31. The highest BCUT2D eigenvalue weighted by atomic mass is 15.0. The minimum atomic E-state index is 0.717. The lowest BCUT2D eigenvalue weighted by Crippen LogP contribution is -1.95. The molecule has 0 fully saturated rings. The summed E-state index contributed by atoms with van der Waals surface area (Å²) in [7, 11) is 0. The van der Waals surface area contributed by atoms with E-state index in [-0.39, 0.29) is 0 Å². The number of aromatic amines is 4. The highest BCUT2D eigenvalue weighted by molar-refractivity contribution is 5.93. The van der Waals surface area contributed by atoms with Crippen LogP contribution in [-0.2, 0) is 12.8 Å². The first kappa shape index (κ1) is 22.5. The summed E-state index contributed by atoms with van der Waals surface area (Å²) in [6, 6.07) is 12.1. The first-order chi connectivity index (χ1) is 19.5. The SMILES string of the molecule is Cc1cc(-c2nc3cc4nc(CCc5cncc(-c6nc7cc8nc(C)[nH]c8cc7[nH]6)c5)[nH]c4cc3[nH]2)ncn1. The van der Waals surface area contributed by atoms with E-state index in [0.717, 1.165) is 103 Å². The summed E-state index contributed by atoms with van der Waals surface area (Å²) >= 11 is 0. The molecule has 8 aromatic rings. The molecule has 0 saturated carbocycles. The molecule has 0 amide bonds. The molecule has 40 heavy (non-hydrogen) atoms. The molecule has 0 saturated heterocycles. The summed E-state index contributed by atoms with van der Waals surface area (Å²) in [6.45, 7) is 3.89. The van der Waals surface area contributed by atoms with Gasteiger partial charge in [-0.2, -0.15) is 0 Å². The first-order valence-electron chi connectivity index (χ1n) is 13.0. The molecule has 11 heteroatoms. The molecule has 0 unspecified atom stereocenters. The van der Waals surface area contributed by atoms with Gasteiger partial charge in [-0.25, -0.2) is 29.9 Å². The lowest BCUT2D eigenvalue weighted by molar-refractivity contribution is 0.885. The fourth-order valence-corrected chi connectivity index (χ4v) is 5.19. The van der Waals surface area contributed by atoms with Gasteiger partial charge in [-0.1, -0.05) is 0 Å². The standard InChI is InChI=1S/C29H23N11/c1-14-5-26(32-13-31-14)29-39-24-9-20-21(10-25(24)40-29)36-27(35-20)4-3-16-6-17(12-30-11-16)28-37-22-7-18-19(8-23(22)38-28)34-15(2)33-18/h5-13H,3-4H2,1-2H3,(H,33,34)(H,35,36)(H,37,38)(H,39,40). The zero-order valence-electron chi connectivity index (χ0n) is 21.7. The average molecular weight is 526 g/mol. The van der Waals surface area contributed by atoms with Gasteiger partial charge in [-0.3, -0.25) is 4.98 Å². The Hall–Kier alpha value is -5.45. The van der Waals surface area contributed by atoms with Crippen molar-refractivity contribution in [3.63, 3.8) is 0 Å². The Labute approximate surface area is 226 Å². The number of hydrogen-bond donors (Lipinski definition) is 4. The van der Waals surface area contributed by atoms with Gasteiger partial charge in [0.05, 0.1) is 44.1 Å². The van der Waals surface area contributed by atoms with E-state index in [1.807, 2.05) is 50.5 Å². The lowest BCUT2D eigenvalue weighted by atomic mass is 10.1. The third-order valence-corrected chi connectivity index (χ3v) is 7.10. The van der Waals surface area contributed by atoms with Crippen molar-refractivity contribution in [3.05, 3.63) is 78.0 Å². The van der Waals surface area contributed by atoms with Gasteiger partial charge in [0.15, 0.2) is 5.82 Å². The van der Waals surface area contributed by atoms with Gasteiger partial charge in [-0.05, 0) is 62.2 Å². The summed E-state index contributed by atoms with van der Waals surface area (Å²) < 4.78 is 0. The van der Waals surface area contributed by atoms with Crippen LogP contribution in [-0.4, -0.2) is 54.8 Å². The minimum Gasteiger partial charge on any atom is -0.342 e. The maximum absolute atomic E-state index is 4.83. The number of aryl methyl sites for hydroxylation is 4. The fourth-order valence-electron chi connectivity index (χ4n) is 5.19. The normalized spacial score (nSPS) is 11.9. The third kappa shape index (κ3) is 3.87. The van der Waals surface area contributed by atoms with Crippen LogP contribution in [0.15, 0.2) is 55.1 Å². The number of fused-ring (bicyclic) bond motifs is 4. The third-order valence-electron chi connectivity index (χ3n) is 7.10. The summed E-state index contributed by atoms with van der Waals surface area (Å²) in [5.41, 5.74) is 11.1. The molecule has 0 radical (unpaired) electrons. The summed E-state index contributed by atoms with van der Waals surface area (Å²) in [4.78, 5) is 45.4. The molecule has 0 spiro atoms. The van der Waals surface area contributed by atoms with Crippen molar-refractivity contribution in [2.75, 3.05) is 0 Å². The predicted molar refractivity (Wildman–Crippen MR) is 153 cm³/mol. The van der Waals surface area contributed by atoms with Crippen LogP contribution < -0.4 is 0 Å². The van der Waals surface area contributed by atoms with Crippen LogP contribution in [0.2, 0.25) is 0 Å². The second-order valence-electron chi connectivity index (χ2n) is 10.1. The van der Waals surface area contributed by atoms with Crippen molar-refractivity contribution in [1.82, 2.24) is 54.8 Å². The molecule has 11 nitrogen and oxygen atoms in total. The Morgan fingerprint density at radius 1 is 0.600 bits per heavy atom. The molecule has 194 valence electrons. The zero-order valence-corrected chi connectivity index (χ0v) is 21.7. The van der Waals surface area contributed by atoms with Crippen molar-refractivity contribution >= 4 is 44.1 Å². The number of hydrogen-bond acceptors (Lipinski definition) is 7. The molecule has 8 rings (SSSR count). The number of nitrogens with one attached hydrogen (secondary N) is 4. The fraction of sp³-hybridized carbons (Fsp3) is 0.138. The smallest absolute Gasteiger partial charge is 0.157 e. The second kappa shape index (κ2) is 8.53. The molecule has 0 aliphatic rings. The Morgan fingerprint density at radius 2 is 1.30 bits per heavy atom. The number of benzene rings is 2. The Bertz CT molecular complexity index is 2110. The molecule has 2 aromatic carbocycles. The number of imidazole rings is 4. The van der Waals surface area contributed by atoms with Crippen LogP contribution >= 0.6 is 0 Å². The summed E-state index contributed by atoms with van der Waals surface area (Å²) in [5, 5.41) is 0. The van der Waals surface area contributed by atoms with Gasteiger partial charge in [0.2, 0.25) is 0 Å². The van der Waals surface area contributed by atoms with E-state index in [0.29, 0.717) is 0 Å². The van der Waals surface area contributed by atoms with Gasteiger partial charge in [0, 0.05) is 30.1 Å². The minimum absolute atomic E-state index is 0.717. The van der Waals surface area contributed by atoms with Crippen molar-refractivity contribution in [1.29, 1.82) is 0 Å². The van der Waals surface area contributed by atoms with Crippen molar-refractivity contribution in [2.45, 2.75) is 26.7 Å². The van der Waals surface area contributed by atoms with Gasteiger partial charge in [0.25, 0.3) is 0 Å². The van der Waals surface area contributed by atoms with Crippen molar-refractivity contribution in [3.8, 4) is 22.9 Å². The molecule has 0 aliphatic heterocycles. The van der Waals surface area contributed by atoms with Crippen LogP contribution in [0, 0.1) is 13.8 Å². The lowest BCUT2D eigenvalue weighted by Gasteiger charge is -2.02. The number of pyridine rings is 1. The van der Waals surface area contributed by atoms with E-state index in [2.05, 4.69) is 52.0 Å². The van der Waals surface area contributed by atoms with Crippen molar-refractivity contribution < 1.29 is 0 Å². The molecule has 6 heterocycles. The quantitative estimate of drug-likeness (QED) is 0.243. The van der Waals surface area contributed by atoms with E-state index in [4.69, 9.17) is 15.0 Å². The average Bonchev–Trinajstić information content (AvgIpc) is 3.72. The van der Waals surface area contributed by atoms with Gasteiger partial charge in [0.1, 0.15) is 29.5 Å². The number of rotatable bonds is 5. The molecular formula is C29H23N11. The number of H-pyrrole nitrogens is 4. The highest BCUT2D eigenvalue weighted by Gasteiger charge is 2.13. The predicted octanol–water partition coefficient (Wildman–Crippen LogP) is 5.11.